The predicted molar refractivity (Wildman–Crippen MR) is 114 cm³/mol. The van der Waals surface area contributed by atoms with Crippen LogP contribution in [0.15, 0.2) is 47.3 Å². The van der Waals surface area contributed by atoms with Crippen LogP contribution in [0.5, 0.6) is 0 Å². The fourth-order valence-corrected chi connectivity index (χ4v) is 3.34. The summed E-state index contributed by atoms with van der Waals surface area (Å²) in [6.45, 7) is 0.991. The first kappa shape index (κ1) is 24.5. The topological polar surface area (TPSA) is 125 Å². The third kappa shape index (κ3) is 5.24. The Kier molecular flexibility index (Phi) is 7.03. The van der Waals surface area contributed by atoms with Crippen LogP contribution in [-0.4, -0.2) is 32.5 Å². The summed E-state index contributed by atoms with van der Waals surface area (Å²) in [6, 6.07) is 8.45. The zero-order chi connectivity index (χ0) is 25.0. The van der Waals surface area contributed by atoms with E-state index in [9.17, 15) is 37.7 Å². The highest BCUT2D eigenvalue weighted by Crippen LogP contribution is 2.34. The average Bonchev–Trinajstić information content (AvgIpc) is 3.03. The number of hydrogen-bond acceptors (Lipinski definition) is 6. The average molecular weight is 480 g/mol. The van der Waals surface area contributed by atoms with Crippen LogP contribution in [0.25, 0.3) is 11.0 Å². The van der Waals surface area contributed by atoms with Gasteiger partial charge in [-0.25, -0.2) is 4.79 Å². The molecule has 13 heteroatoms. The number of nitrogens with zero attached hydrogens (tertiary/aromatic N) is 3. The number of ether oxygens (including phenoxy) is 1. The maximum Gasteiger partial charge on any atom is 0.416 e. The molecular formula is C21H19F3N4O6. The van der Waals surface area contributed by atoms with Gasteiger partial charge in [0.25, 0.3) is 11.6 Å². The minimum Gasteiger partial charge on any atom is -0.454 e. The van der Waals surface area contributed by atoms with Crippen LogP contribution in [0.4, 0.5) is 24.5 Å². The molecule has 0 aliphatic heterocycles. The van der Waals surface area contributed by atoms with E-state index in [4.69, 9.17) is 4.74 Å². The number of nitro groups is 1. The molecule has 0 aliphatic carbocycles. The van der Waals surface area contributed by atoms with Crippen molar-refractivity contribution < 1.29 is 32.4 Å². The molecule has 0 bridgehead atoms. The zero-order valence-corrected chi connectivity index (χ0v) is 17.8. The molecule has 3 rings (SSSR count). The van der Waals surface area contributed by atoms with Gasteiger partial charge in [0.05, 0.1) is 21.5 Å². The summed E-state index contributed by atoms with van der Waals surface area (Å²) in [5.74, 6) is -1.92. The molecular weight excluding hydrogens is 461 g/mol. The second-order valence-electron chi connectivity index (χ2n) is 7.20. The summed E-state index contributed by atoms with van der Waals surface area (Å²) in [5, 5.41) is 13.2. The Bertz CT molecular complexity index is 1310. The highest BCUT2D eigenvalue weighted by Gasteiger charge is 2.33. The summed E-state index contributed by atoms with van der Waals surface area (Å²) in [4.78, 5) is 47.1. The molecule has 2 aromatic carbocycles. The minimum absolute atomic E-state index is 0.292. The van der Waals surface area contributed by atoms with Gasteiger partial charge in [0.15, 0.2) is 6.61 Å². The van der Waals surface area contributed by atoms with E-state index in [0.717, 1.165) is 6.07 Å². The maximum absolute atomic E-state index is 12.8. The van der Waals surface area contributed by atoms with Crippen molar-refractivity contribution in [3.05, 3.63) is 68.6 Å². The van der Waals surface area contributed by atoms with Crippen LogP contribution in [0.1, 0.15) is 18.9 Å². The number of para-hydroxylation sites is 2. The molecule has 0 saturated heterocycles. The molecule has 0 radical (unpaired) electrons. The van der Waals surface area contributed by atoms with Crippen LogP contribution in [-0.2, 0) is 33.6 Å². The monoisotopic (exact) mass is 480 g/mol. The molecule has 1 aromatic heterocycles. The molecule has 3 aromatic rings. The number of hydrogen-bond donors (Lipinski definition) is 1. The van der Waals surface area contributed by atoms with E-state index in [1.54, 1.807) is 24.3 Å². The lowest BCUT2D eigenvalue weighted by Crippen LogP contribution is -2.29. The molecule has 0 saturated carbocycles. The molecule has 180 valence electrons. The Morgan fingerprint density at radius 1 is 1.12 bits per heavy atom. The van der Waals surface area contributed by atoms with E-state index in [0.29, 0.717) is 36.1 Å². The summed E-state index contributed by atoms with van der Waals surface area (Å²) < 4.78 is 45.9. The number of nitro benzene ring substituents is 1. The Balaban J connectivity index is 1.69. The van der Waals surface area contributed by atoms with Gasteiger partial charge in [0.1, 0.15) is 12.2 Å². The van der Waals surface area contributed by atoms with E-state index in [1.165, 1.54) is 9.13 Å². The van der Waals surface area contributed by atoms with E-state index < -0.39 is 58.8 Å². The predicted octanol–water partition coefficient (Wildman–Crippen LogP) is 3.32. The number of aryl methyl sites for hydroxylation is 1. The van der Waals surface area contributed by atoms with Gasteiger partial charge < -0.3 is 10.1 Å². The van der Waals surface area contributed by atoms with Gasteiger partial charge in [0, 0.05) is 12.6 Å². The van der Waals surface area contributed by atoms with Gasteiger partial charge in [-0.05, 0) is 30.7 Å². The zero-order valence-electron chi connectivity index (χ0n) is 17.8. The lowest BCUT2D eigenvalue weighted by molar-refractivity contribution is -0.384. The van der Waals surface area contributed by atoms with E-state index in [2.05, 4.69) is 5.32 Å². The number of carbonyl (C=O) groups is 2. The second-order valence-corrected chi connectivity index (χ2v) is 7.20. The molecule has 0 atom stereocenters. The van der Waals surface area contributed by atoms with E-state index in [-0.39, 0.29) is 0 Å². The third-order valence-corrected chi connectivity index (χ3v) is 4.82. The van der Waals surface area contributed by atoms with Crippen molar-refractivity contribution in [2.24, 2.45) is 0 Å². The normalized spacial score (nSPS) is 11.4. The number of imidazole rings is 1. The van der Waals surface area contributed by atoms with Gasteiger partial charge in [-0.3, -0.25) is 28.8 Å². The Morgan fingerprint density at radius 2 is 1.76 bits per heavy atom. The molecule has 0 aliphatic rings. The molecule has 10 nitrogen and oxygen atoms in total. The number of anilines is 1. The quantitative estimate of drug-likeness (QED) is 0.300. The number of esters is 1. The van der Waals surface area contributed by atoms with Crippen molar-refractivity contribution in [3.63, 3.8) is 0 Å². The Hall–Kier alpha value is -4.16. The van der Waals surface area contributed by atoms with Crippen LogP contribution in [0, 0.1) is 10.1 Å². The maximum atomic E-state index is 12.8. The van der Waals surface area contributed by atoms with Crippen molar-refractivity contribution >= 4 is 34.3 Å². The lowest BCUT2D eigenvalue weighted by Gasteiger charge is -2.10. The highest BCUT2D eigenvalue weighted by molar-refractivity contribution is 5.95. The van der Waals surface area contributed by atoms with Gasteiger partial charge in [-0.1, -0.05) is 19.1 Å². The smallest absolute Gasteiger partial charge is 0.416 e. The van der Waals surface area contributed by atoms with Crippen LogP contribution in [0.3, 0.4) is 0 Å². The fraction of sp³-hybridized carbons (Fsp3) is 0.286. The van der Waals surface area contributed by atoms with E-state index >= 15 is 0 Å². The molecule has 0 spiro atoms. The molecule has 0 unspecified atom stereocenters. The lowest BCUT2D eigenvalue weighted by atomic mass is 10.1. The number of amides is 1. The number of nitrogens with one attached hydrogen (secondary N) is 1. The van der Waals surface area contributed by atoms with Crippen LogP contribution in [0.2, 0.25) is 0 Å². The summed E-state index contributed by atoms with van der Waals surface area (Å²) in [6.07, 6.45) is -4.12. The highest BCUT2D eigenvalue weighted by atomic mass is 19.4. The number of rotatable bonds is 8. The van der Waals surface area contributed by atoms with Gasteiger partial charge >= 0.3 is 17.8 Å². The number of halogens is 3. The van der Waals surface area contributed by atoms with Gasteiger partial charge in [-0.15, -0.1) is 0 Å². The summed E-state index contributed by atoms with van der Waals surface area (Å²) in [5.41, 5.74) is -2.00. The number of carbonyl (C=O) groups excluding carboxylic acids is 2. The van der Waals surface area contributed by atoms with E-state index in [1.807, 2.05) is 6.92 Å². The summed E-state index contributed by atoms with van der Waals surface area (Å²) in [7, 11) is 0. The first-order chi connectivity index (χ1) is 16.0. The van der Waals surface area contributed by atoms with Crippen molar-refractivity contribution in [2.45, 2.75) is 32.6 Å². The number of alkyl halides is 3. The first-order valence-electron chi connectivity index (χ1n) is 10.0. The minimum atomic E-state index is -4.80. The Morgan fingerprint density at radius 3 is 2.35 bits per heavy atom. The molecule has 34 heavy (non-hydrogen) atoms. The standard InChI is InChI=1S/C21H19F3N4O6/c1-2-9-26-15-5-3-4-6-16(15)27(20(26)31)11-19(30)34-12-18(29)25-14-8-7-13(21(22,23)24)10-17(14)28(32)33/h3-8,10H,2,9,11-12H2,1H3,(H,25,29). The summed E-state index contributed by atoms with van der Waals surface area (Å²) >= 11 is 0. The van der Waals surface area contributed by atoms with Crippen molar-refractivity contribution in [1.29, 1.82) is 0 Å². The largest absolute Gasteiger partial charge is 0.454 e. The third-order valence-electron chi connectivity index (χ3n) is 4.82. The van der Waals surface area contributed by atoms with Crippen LogP contribution < -0.4 is 11.0 Å². The molecule has 1 N–H and O–H groups in total. The number of benzene rings is 2. The second kappa shape index (κ2) is 9.77. The number of fused-ring (bicyclic) bond motifs is 1. The number of aromatic nitrogens is 2. The van der Waals surface area contributed by atoms with Gasteiger partial charge in [0.2, 0.25) is 0 Å². The van der Waals surface area contributed by atoms with Crippen molar-refractivity contribution in [1.82, 2.24) is 9.13 Å². The van der Waals surface area contributed by atoms with Crippen molar-refractivity contribution in [3.8, 4) is 0 Å². The fourth-order valence-electron chi connectivity index (χ4n) is 3.34. The molecule has 0 fully saturated rings. The molecule has 1 heterocycles. The van der Waals surface area contributed by atoms with Gasteiger partial charge in [-0.2, -0.15) is 13.2 Å². The first-order valence-corrected chi connectivity index (χ1v) is 10.0. The Labute approximate surface area is 189 Å². The van der Waals surface area contributed by atoms with Crippen molar-refractivity contribution in [2.75, 3.05) is 11.9 Å². The molecule has 1 amide bonds. The van der Waals surface area contributed by atoms with Crippen LogP contribution >= 0.6 is 0 Å². The SMILES string of the molecule is CCCn1c(=O)n(CC(=O)OCC(=O)Nc2ccc(C(F)(F)F)cc2[N+](=O)[O-])c2ccccc21.